The molecular formula is C24H30Cl2N2O2S. The van der Waals surface area contributed by atoms with Crippen LogP contribution in [0.15, 0.2) is 42.5 Å². The third-order valence-corrected chi connectivity index (χ3v) is 6.53. The molecule has 0 aliphatic carbocycles. The van der Waals surface area contributed by atoms with E-state index in [-0.39, 0.29) is 24.1 Å². The molecule has 0 spiro atoms. The third-order valence-electron chi connectivity index (χ3n) is 4.80. The first-order valence-corrected chi connectivity index (χ1v) is 12.2. The second-order valence-corrected chi connectivity index (χ2v) is 9.86. The van der Waals surface area contributed by atoms with Crippen molar-refractivity contribution < 1.29 is 9.59 Å². The van der Waals surface area contributed by atoms with Gasteiger partial charge in [0.15, 0.2) is 0 Å². The lowest BCUT2D eigenvalue weighted by Gasteiger charge is -2.29. The van der Waals surface area contributed by atoms with Crippen molar-refractivity contribution in [1.29, 1.82) is 0 Å². The summed E-state index contributed by atoms with van der Waals surface area (Å²) in [7, 11) is 0. The first-order valence-electron chi connectivity index (χ1n) is 10.3. The average molecular weight is 481 g/mol. The standard InChI is InChI=1S/C24H30Cl2N2O2S/c1-16(2)12-27-24(30)18(4)28(13-20-9-10-21(25)22(26)11-20)23(29)15-31-14-19-7-5-17(3)6-8-19/h5-11,16,18H,12-15H2,1-4H3,(H,27,30). The van der Waals surface area contributed by atoms with Gasteiger partial charge in [0.25, 0.3) is 0 Å². The molecule has 0 saturated heterocycles. The van der Waals surface area contributed by atoms with Crippen LogP contribution in [0.2, 0.25) is 10.0 Å². The quantitative estimate of drug-likeness (QED) is 0.472. The Morgan fingerprint density at radius 1 is 1.00 bits per heavy atom. The highest BCUT2D eigenvalue weighted by molar-refractivity contribution is 7.99. The van der Waals surface area contributed by atoms with Crippen LogP contribution >= 0.6 is 35.0 Å². The summed E-state index contributed by atoms with van der Waals surface area (Å²) in [5, 5.41) is 3.81. The number of rotatable bonds is 10. The highest BCUT2D eigenvalue weighted by atomic mass is 35.5. The van der Waals surface area contributed by atoms with Crippen molar-refractivity contribution in [3.8, 4) is 0 Å². The molecule has 0 saturated carbocycles. The Kier molecular flexibility index (Phi) is 10.2. The van der Waals surface area contributed by atoms with E-state index in [1.807, 2.05) is 26.8 Å². The number of thioether (sulfide) groups is 1. The van der Waals surface area contributed by atoms with Gasteiger partial charge in [-0.3, -0.25) is 9.59 Å². The van der Waals surface area contributed by atoms with Crippen LogP contribution in [0.4, 0.5) is 0 Å². The molecule has 31 heavy (non-hydrogen) atoms. The molecule has 168 valence electrons. The van der Waals surface area contributed by atoms with Gasteiger partial charge < -0.3 is 10.2 Å². The van der Waals surface area contributed by atoms with E-state index in [9.17, 15) is 9.59 Å². The van der Waals surface area contributed by atoms with E-state index in [0.717, 1.165) is 11.3 Å². The lowest BCUT2D eigenvalue weighted by atomic mass is 10.1. The molecule has 7 heteroatoms. The first-order chi connectivity index (χ1) is 14.7. The van der Waals surface area contributed by atoms with Crippen molar-refractivity contribution in [2.45, 2.75) is 46.0 Å². The van der Waals surface area contributed by atoms with Crippen molar-refractivity contribution in [1.82, 2.24) is 10.2 Å². The summed E-state index contributed by atoms with van der Waals surface area (Å²) < 4.78 is 0. The number of amides is 2. The SMILES string of the molecule is Cc1ccc(CSCC(=O)N(Cc2ccc(Cl)c(Cl)c2)C(C)C(=O)NCC(C)C)cc1. The summed E-state index contributed by atoms with van der Waals surface area (Å²) in [4.78, 5) is 27.4. The molecule has 0 aromatic heterocycles. The van der Waals surface area contributed by atoms with Gasteiger partial charge in [0.1, 0.15) is 6.04 Å². The molecule has 1 unspecified atom stereocenters. The molecular weight excluding hydrogens is 451 g/mol. The minimum absolute atomic E-state index is 0.0876. The summed E-state index contributed by atoms with van der Waals surface area (Å²) in [5.41, 5.74) is 3.20. The zero-order chi connectivity index (χ0) is 23.0. The van der Waals surface area contributed by atoms with Gasteiger partial charge in [0.2, 0.25) is 11.8 Å². The lowest BCUT2D eigenvalue weighted by molar-refractivity contribution is -0.138. The van der Waals surface area contributed by atoms with E-state index >= 15 is 0 Å². The summed E-state index contributed by atoms with van der Waals surface area (Å²) >= 11 is 13.7. The van der Waals surface area contributed by atoms with Gasteiger partial charge in [-0.2, -0.15) is 0 Å². The maximum absolute atomic E-state index is 13.1. The Labute approximate surface area is 199 Å². The van der Waals surface area contributed by atoms with Crippen LogP contribution in [-0.4, -0.2) is 35.1 Å². The summed E-state index contributed by atoms with van der Waals surface area (Å²) in [6.45, 7) is 8.73. The number of benzene rings is 2. The van der Waals surface area contributed by atoms with Gasteiger partial charge in [-0.25, -0.2) is 0 Å². The lowest BCUT2D eigenvalue weighted by Crippen LogP contribution is -2.48. The van der Waals surface area contributed by atoms with Crippen LogP contribution in [0.25, 0.3) is 0 Å². The highest BCUT2D eigenvalue weighted by Gasteiger charge is 2.26. The Bertz CT molecular complexity index is 888. The van der Waals surface area contributed by atoms with Crippen molar-refractivity contribution in [3.63, 3.8) is 0 Å². The second-order valence-electron chi connectivity index (χ2n) is 8.06. The minimum atomic E-state index is -0.597. The Hall–Kier alpha value is -1.69. The molecule has 0 radical (unpaired) electrons. The van der Waals surface area contributed by atoms with E-state index in [0.29, 0.717) is 22.5 Å². The Morgan fingerprint density at radius 3 is 2.26 bits per heavy atom. The Morgan fingerprint density at radius 2 is 1.65 bits per heavy atom. The molecule has 0 aliphatic rings. The van der Waals surface area contributed by atoms with Crippen LogP contribution in [0.1, 0.15) is 37.5 Å². The highest BCUT2D eigenvalue weighted by Crippen LogP contribution is 2.24. The fourth-order valence-corrected chi connectivity index (χ4v) is 4.08. The zero-order valence-electron chi connectivity index (χ0n) is 18.5. The summed E-state index contributed by atoms with van der Waals surface area (Å²) in [6.07, 6.45) is 0. The number of carbonyl (C=O) groups is 2. The minimum Gasteiger partial charge on any atom is -0.354 e. The normalized spacial score (nSPS) is 12.0. The van der Waals surface area contributed by atoms with Crippen molar-refractivity contribution >= 4 is 46.8 Å². The fraction of sp³-hybridized carbons (Fsp3) is 0.417. The van der Waals surface area contributed by atoms with Crippen LogP contribution in [0.5, 0.6) is 0 Å². The maximum atomic E-state index is 13.1. The number of nitrogens with zero attached hydrogens (tertiary/aromatic N) is 1. The predicted molar refractivity (Wildman–Crippen MR) is 132 cm³/mol. The molecule has 2 rings (SSSR count). The van der Waals surface area contributed by atoms with Gasteiger partial charge in [0.05, 0.1) is 15.8 Å². The van der Waals surface area contributed by atoms with Crippen LogP contribution in [0, 0.1) is 12.8 Å². The molecule has 2 amide bonds. The fourth-order valence-electron chi connectivity index (χ4n) is 2.89. The van der Waals surface area contributed by atoms with Crippen molar-refractivity contribution in [2.75, 3.05) is 12.3 Å². The van der Waals surface area contributed by atoms with Crippen molar-refractivity contribution in [2.24, 2.45) is 5.92 Å². The van der Waals surface area contributed by atoms with Gasteiger partial charge in [0, 0.05) is 18.8 Å². The molecule has 0 heterocycles. The van der Waals surface area contributed by atoms with Gasteiger partial charge in [-0.1, -0.05) is 72.9 Å². The third kappa shape index (κ3) is 8.40. The molecule has 0 fully saturated rings. The largest absolute Gasteiger partial charge is 0.354 e. The number of hydrogen-bond donors (Lipinski definition) is 1. The van der Waals surface area contributed by atoms with Crippen LogP contribution in [-0.2, 0) is 21.9 Å². The molecule has 2 aromatic carbocycles. The number of nitrogens with one attached hydrogen (secondary N) is 1. The second kappa shape index (κ2) is 12.4. The maximum Gasteiger partial charge on any atom is 0.242 e. The molecule has 0 aliphatic heterocycles. The van der Waals surface area contributed by atoms with Crippen LogP contribution in [0.3, 0.4) is 0 Å². The summed E-state index contributed by atoms with van der Waals surface area (Å²) in [5.74, 6) is 1.11. The summed E-state index contributed by atoms with van der Waals surface area (Å²) in [6, 6.07) is 12.9. The van der Waals surface area contributed by atoms with E-state index < -0.39 is 6.04 Å². The van der Waals surface area contributed by atoms with Crippen molar-refractivity contribution in [3.05, 3.63) is 69.2 Å². The number of aryl methyl sites for hydroxylation is 1. The molecule has 4 nitrogen and oxygen atoms in total. The smallest absolute Gasteiger partial charge is 0.242 e. The van der Waals surface area contributed by atoms with E-state index in [1.165, 1.54) is 11.1 Å². The number of hydrogen-bond acceptors (Lipinski definition) is 3. The average Bonchev–Trinajstić information content (AvgIpc) is 2.73. The molecule has 0 bridgehead atoms. The number of carbonyl (C=O) groups excluding carboxylic acids is 2. The van der Waals surface area contributed by atoms with Gasteiger partial charge in [-0.05, 0) is 43.0 Å². The van der Waals surface area contributed by atoms with Crippen LogP contribution < -0.4 is 5.32 Å². The molecule has 1 atom stereocenters. The van der Waals surface area contributed by atoms with E-state index in [1.54, 1.807) is 35.7 Å². The molecule has 2 aromatic rings. The number of halogens is 2. The Balaban J connectivity index is 2.08. The monoisotopic (exact) mass is 480 g/mol. The van der Waals surface area contributed by atoms with E-state index in [2.05, 4.69) is 29.6 Å². The molecule has 1 N–H and O–H groups in total. The predicted octanol–water partition coefficient (Wildman–Crippen LogP) is 5.72. The zero-order valence-corrected chi connectivity index (χ0v) is 20.8. The van der Waals surface area contributed by atoms with Gasteiger partial charge >= 0.3 is 0 Å². The first kappa shape index (κ1) is 25.6. The van der Waals surface area contributed by atoms with E-state index in [4.69, 9.17) is 23.2 Å². The van der Waals surface area contributed by atoms with Gasteiger partial charge in [-0.15, -0.1) is 11.8 Å². The topological polar surface area (TPSA) is 49.4 Å².